The molecule has 2 aromatic rings. The molecule has 110 valence electrons. The molecule has 0 saturated heterocycles. The third kappa shape index (κ3) is 3.61. The van der Waals surface area contributed by atoms with Gasteiger partial charge in [0.25, 0.3) is 0 Å². The summed E-state index contributed by atoms with van der Waals surface area (Å²) in [6, 6.07) is 8.35. The number of ether oxygens (including phenoxy) is 1. The van der Waals surface area contributed by atoms with Crippen molar-refractivity contribution in [3.05, 3.63) is 50.4 Å². The van der Waals surface area contributed by atoms with Crippen LogP contribution in [0.4, 0.5) is 17.1 Å². The zero-order valence-corrected chi connectivity index (χ0v) is 14.0. The summed E-state index contributed by atoms with van der Waals surface area (Å²) in [6.07, 6.45) is 0. The van der Waals surface area contributed by atoms with E-state index in [0.29, 0.717) is 27.1 Å². The van der Waals surface area contributed by atoms with E-state index in [2.05, 4.69) is 21.2 Å². The van der Waals surface area contributed by atoms with Gasteiger partial charge in [0, 0.05) is 10.2 Å². The van der Waals surface area contributed by atoms with Crippen LogP contribution in [0.1, 0.15) is 10.4 Å². The van der Waals surface area contributed by atoms with Gasteiger partial charge >= 0.3 is 5.97 Å². The van der Waals surface area contributed by atoms with Crippen LogP contribution in [0, 0.1) is 0 Å². The third-order valence-electron chi connectivity index (χ3n) is 2.71. The molecule has 0 bridgehead atoms. The largest absolute Gasteiger partial charge is 0.465 e. The van der Waals surface area contributed by atoms with Crippen molar-refractivity contribution >= 4 is 62.2 Å². The first-order valence-electron chi connectivity index (χ1n) is 5.81. The highest BCUT2D eigenvalue weighted by Gasteiger charge is 2.17. The van der Waals surface area contributed by atoms with Gasteiger partial charge in [0.05, 0.1) is 34.1 Å². The van der Waals surface area contributed by atoms with Gasteiger partial charge in [-0.15, -0.1) is 0 Å². The number of nitrogen functional groups attached to an aromatic ring is 1. The summed E-state index contributed by atoms with van der Waals surface area (Å²) < 4.78 is 5.58. The van der Waals surface area contributed by atoms with Crippen molar-refractivity contribution in [2.75, 3.05) is 18.2 Å². The van der Waals surface area contributed by atoms with Crippen LogP contribution in [0.2, 0.25) is 10.0 Å². The molecule has 0 unspecified atom stereocenters. The molecule has 0 aliphatic rings. The average Bonchev–Trinajstić information content (AvgIpc) is 2.42. The Morgan fingerprint density at radius 3 is 2.57 bits per heavy atom. The van der Waals surface area contributed by atoms with E-state index in [1.165, 1.54) is 13.2 Å². The van der Waals surface area contributed by atoms with Crippen molar-refractivity contribution in [2.24, 2.45) is 0 Å². The van der Waals surface area contributed by atoms with Crippen molar-refractivity contribution in [1.82, 2.24) is 0 Å². The molecule has 0 atom stereocenters. The lowest BCUT2D eigenvalue weighted by Gasteiger charge is -2.14. The molecule has 0 heterocycles. The standard InChI is InChI=1S/C14H11BrCl2N2O2/c1-21-14(20)9-5-8(18)6-11(17)13(9)19-12-3-2-7(15)4-10(12)16/h2-6,19H,18H2,1H3. The number of carbonyl (C=O) groups excluding carboxylic acids is 1. The molecule has 2 aromatic carbocycles. The fraction of sp³-hybridized carbons (Fsp3) is 0.0714. The Kier molecular flexibility index (Phi) is 4.98. The van der Waals surface area contributed by atoms with Crippen LogP contribution in [0.5, 0.6) is 0 Å². The Labute approximate surface area is 140 Å². The van der Waals surface area contributed by atoms with Gasteiger partial charge < -0.3 is 15.8 Å². The second kappa shape index (κ2) is 6.56. The molecule has 21 heavy (non-hydrogen) atoms. The van der Waals surface area contributed by atoms with Gasteiger partial charge in [0.2, 0.25) is 0 Å². The van der Waals surface area contributed by atoms with Crippen LogP contribution in [-0.2, 0) is 4.74 Å². The molecule has 0 spiro atoms. The quantitative estimate of drug-likeness (QED) is 0.580. The molecule has 3 N–H and O–H groups in total. The van der Waals surface area contributed by atoms with E-state index in [0.717, 1.165) is 4.47 Å². The van der Waals surface area contributed by atoms with E-state index in [1.807, 2.05) is 6.07 Å². The van der Waals surface area contributed by atoms with E-state index < -0.39 is 5.97 Å². The van der Waals surface area contributed by atoms with Crippen molar-refractivity contribution in [2.45, 2.75) is 0 Å². The Morgan fingerprint density at radius 1 is 1.24 bits per heavy atom. The molecule has 0 aromatic heterocycles. The predicted octanol–water partition coefficient (Wildman–Crippen LogP) is 4.87. The Bertz CT molecular complexity index is 708. The number of halogens is 3. The highest BCUT2D eigenvalue weighted by atomic mass is 79.9. The van der Waals surface area contributed by atoms with E-state index >= 15 is 0 Å². The summed E-state index contributed by atoms with van der Waals surface area (Å²) >= 11 is 15.6. The van der Waals surface area contributed by atoms with Crippen LogP contribution in [0.15, 0.2) is 34.8 Å². The Hall–Kier alpha value is -1.43. The molecule has 0 amide bonds. The van der Waals surface area contributed by atoms with Crippen LogP contribution >= 0.6 is 39.1 Å². The summed E-state index contributed by atoms with van der Waals surface area (Å²) in [5.41, 5.74) is 7.32. The second-order valence-corrected chi connectivity index (χ2v) is 5.90. The lowest BCUT2D eigenvalue weighted by atomic mass is 10.1. The predicted molar refractivity (Wildman–Crippen MR) is 89.6 cm³/mol. The zero-order valence-electron chi connectivity index (χ0n) is 10.9. The number of nitrogens with one attached hydrogen (secondary N) is 1. The van der Waals surface area contributed by atoms with Gasteiger partial charge in [0.15, 0.2) is 0 Å². The first-order valence-corrected chi connectivity index (χ1v) is 7.36. The monoisotopic (exact) mass is 388 g/mol. The lowest BCUT2D eigenvalue weighted by molar-refractivity contribution is 0.0602. The third-order valence-corrected chi connectivity index (χ3v) is 3.81. The highest BCUT2D eigenvalue weighted by Crippen LogP contribution is 2.35. The average molecular weight is 390 g/mol. The number of benzene rings is 2. The molecular weight excluding hydrogens is 379 g/mol. The molecule has 2 rings (SSSR count). The van der Waals surface area contributed by atoms with Crippen LogP contribution in [0.3, 0.4) is 0 Å². The van der Waals surface area contributed by atoms with Gasteiger partial charge in [-0.25, -0.2) is 4.79 Å². The fourth-order valence-electron chi connectivity index (χ4n) is 1.75. The molecule has 0 radical (unpaired) electrons. The number of nitrogens with two attached hydrogens (primary N) is 1. The van der Waals surface area contributed by atoms with Gasteiger partial charge in [-0.3, -0.25) is 0 Å². The number of carbonyl (C=O) groups is 1. The smallest absolute Gasteiger partial charge is 0.340 e. The molecule has 7 heteroatoms. The first-order chi connectivity index (χ1) is 9.92. The van der Waals surface area contributed by atoms with Gasteiger partial charge in [0.1, 0.15) is 0 Å². The lowest BCUT2D eigenvalue weighted by Crippen LogP contribution is -2.07. The van der Waals surface area contributed by atoms with Crippen LogP contribution in [0.25, 0.3) is 0 Å². The Morgan fingerprint density at radius 2 is 1.95 bits per heavy atom. The number of esters is 1. The summed E-state index contributed by atoms with van der Waals surface area (Å²) in [5.74, 6) is -0.542. The maximum Gasteiger partial charge on any atom is 0.340 e. The van der Waals surface area contributed by atoms with Crippen LogP contribution in [-0.4, -0.2) is 13.1 Å². The zero-order chi connectivity index (χ0) is 15.6. The van der Waals surface area contributed by atoms with E-state index in [1.54, 1.807) is 18.2 Å². The molecular formula is C14H11BrCl2N2O2. The number of anilines is 3. The van der Waals surface area contributed by atoms with Gasteiger partial charge in [-0.2, -0.15) is 0 Å². The highest BCUT2D eigenvalue weighted by molar-refractivity contribution is 9.10. The normalized spacial score (nSPS) is 10.3. The number of hydrogen-bond acceptors (Lipinski definition) is 4. The number of hydrogen-bond donors (Lipinski definition) is 2. The van der Waals surface area contributed by atoms with E-state index in [4.69, 9.17) is 33.7 Å². The number of rotatable bonds is 3. The van der Waals surface area contributed by atoms with E-state index in [9.17, 15) is 4.79 Å². The minimum Gasteiger partial charge on any atom is -0.465 e. The molecule has 0 fully saturated rings. The topological polar surface area (TPSA) is 64.3 Å². The van der Waals surface area contributed by atoms with Gasteiger partial charge in [-0.1, -0.05) is 39.1 Å². The maximum absolute atomic E-state index is 11.9. The molecule has 0 aliphatic carbocycles. The molecule has 0 aliphatic heterocycles. The van der Waals surface area contributed by atoms with Gasteiger partial charge in [-0.05, 0) is 30.3 Å². The van der Waals surface area contributed by atoms with Crippen molar-refractivity contribution < 1.29 is 9.53 Å². The SMILES string of the molecule is COC(=O)c1cc(N)cc(Cl)c1Nc1ccc(Br)cc1Cl. The maximum atomic E-state index is 11.9. The first kappa shape index (κ1) is 15.9. The molecule has 4 nitrogen and oxygen atoms in total. The molecule has 0 saturated carbocycles. The summed E-state index contributed by atoms with van der Waals surface area (Å²) in [5, 5.41) is 3.82. The summed E-state index contributed by atoms with van der Waals surface area (Å²) in [4.78, 5) is 11.9. The Balaban J connectivity index is 2.50. The summed E-state index contributed by atoms with van der Waals surface area (Å²) in [6.45, 7) is 0. The van der Waals surface area contributed by atoms with Crippen molar-refractivity contribution in [1.29, 1.82) is 0 Å². The summed E-state index contributed by atoms with van der Waals surface area (Å²) in [7, 11) is 1.29. The van der Waals surface area contributed by atoms with E-state index in [-0.39, 0.29) is 5.56 Å². The minimum absolute atomic E-state index is 0.237. The second-order valence-electron chi connectivity index (χ2n) is 4.17. The van der Waals surface area contributed by atoms with Crippen LogP contribution < -0.4 is 11.1 Å². The fourth-order valence-corrected chi connectivity index (χ4v) is 2.75. The number of methoxy groups -OCH3 is 1. The van der Waals surface area contributed by atoms with Crippen molar-refractivity contribution in [3.8, 4) is 0 Å². The minimum atomic E-state index is -0.542. The van der Waals surface area contributed by atoms with Crippen molar-refractivity contribution in [3.63, 3.8) is 0 Å².